The van der Waals surface area contributed by atoms with Gasteiger partial charge in [-0.15, -0.1) is 11.3 Å². The second-order valence-corrected chi connectivity index (χ2v) is 19.4. The number of thiophene rings is 1. The number of hydrogen-bond donors (Lipinski definition) is 0. The molecule has 1 aliphatic carbocycles. The van der Waals surface area contributed by atoms with E-state index in [1.165, 1.54) is 75.8 Å². The Kier molecular flexibility index (Phi) is 9.33. The molecule has 0 saturated carbocycles. The van der Waals surface area contributed by atoms with Gasteiger partial charge in [-0.05, 0) is 116 Å². The molecule has 2 aromatic heterocycles. The third-order valence-corrected chi connectivity index (χ3v) is 15.8. The summed E-state index contributed by atoms with van der Waals surface area (Å²) in [7, 11) is 0. The van der Waals surface area contributed by atoms with Gasteiger partial charge in [-0.25, -0.2) is 0 Å². The van der Waals surface area contributed by atoms with Crippen LogP contribution in [0.2, 0.25) is 0 Å². The lowest BCUT2D eigenvalue weighted by Crippen LogP contribution is -2.28. The summed E-state index contributed by atoms with van der Waals surface area (Å²) in [5.74, 6) is 0. The number of rotatable bonds is 8. The average Bonchev–Trinajstić information content (AvgIpc) is 4.11. The highest BCUT2D eigenvalue weighted by Gasteiger charge is 2.47. The number of anilines is 3. The Morgan fingerprint density at radius 1 is 0.343 bits per heavy atom. The molecule has 0 N–H and O–H groups in total. The molecule has 2 heterocycles. The van der Waals surface area contributed by atoms with Crippen LogP contribution in [0.4, 0.5) is 17.1 Å². The molecule has 0 aliphatic heterocycles. The van der Waals surface area contributed by atoms with Crippen LogP contribution < -0.4 is 4.90 Å². The lowest BCUT2D eigenvalue weighted by atomic mass is 9.68. The summed E-state index contributed by atoms with van der Waals surface area (Å²) in [6, 6.07) is 95.6. The Bertz CT molecular complexity index is 4050. The monoisotopic (exact) mass is 909 g/mol. The lowest BCUT2D eigenvalue weighted by molar-refractivity contribution is 0.669. The van der Waals surface area contributed by atoms with Crippen LogP contribution in [-0.4, -0.2) is 0 Å². The van der Waals surface area contributed by atoms with E-state index in [9.17, 15) is 0 Å². The summed E-state index contributed by atoms with van der Waals surface area (Å²) in [4.78, 5) is 2.46. The van der Waals surface area contributed by atoms with Crippen molar-refractivity contribution in [1.82, 2.24) is 0 Å². The van der Waals surface area contributed by atoms with Crippen molar-refractivity contribution in [1.29, 1.82) is 0 Å². The molecule has 11 aromatic carbocycles. The van der Waals surface area contributed by atoms with Crippen molar-refractivity contribution >= 4 is 70.5 Å². The summed E-state index contributed by atoms with van der Waals surface area (Å²) >= 11 is 1.88. The minimum absolute atomic E-state index is 0.519. The molecule has 0 amide bonds. The molecule has 13 aromatic rings. The zero-order valence-corrected chi connectivity index (χ0v) is 38.9. The smallest absolute Gasteiger partial charge is 0.135 e. The first kappa shape index (κ1) is 40.3. The fourth-order valence-electron chi connectivity index (χ4n) is 11.4. The number of para-hydroxylation sites is 1. The molecule has 0 radical (unpaired) electrons. The second-order valence-electron chi connectivity index (χ2n) is 18.3. The maximum absolute atomic E-state index is 6.20. The molecule has 0 unspecified atom stereocenters. The molecular weight excluding hydrogens is 867 g/mol. The van der Waals surface area contributed by atoms with Gasteiger partial charge in [0.25, 0.3) is 0 Å². The lowest BCUT2D eigenvalue weighted by Gasteiger charge is -2.34. The van der Waals surface area contributed by atoms with Gasteiger partial charge >= 0.3 is 0 Å². The predicted molar refractivity (Wildman–Crippen MR) is 295 cm³/mol. The molecule has 0 saturated heterocycles. The molecule has 70 heavy (non-hydrogen) atoms. The Hall–Kier alpha value is -8.76. The fraction of sp³-hybridized carbons (Fsp3) is 0.0149. The molecule has 1 aliphatic rings. The Morgan fingerprint density at radius 3 is 1.59 bits per heavy atom. The SMILES string of the molecule is c1ccc(C2(c3ccccc3)c3ccccc3-c3c(N(c4ccc(-c5ccc(-c6cccc7c6sc6ccccc67)cc5)cc4)c4ccc(-c5ccc6oc7ccccc7c6c5)cc4)cccc32)cc1. The first-order valence-corrected chi connectivity index (χ1v) is 24.8. The largest absolute Gasteiger partial charge is 0.456 e. The second kappa shape index (κ2) is 16.2. The summed E-state index contributed by atoms with van der Waals surface area (Å²) in [5.41, 5.74) is 19.3. The van der Waals surface area contributed by atoms with Crippen molar-refractivity contribution in [2.75, 3.05) is 4.90 Å². The van der Waals surface area contributed by atoms with E-state index in [1.54, 1.807) is 0 Å². The number of hydrogen-bond acceptors (Lipinski definition) is 3. The third kappa shape index (κ3) is 6.25. The standard InChI is InChI=1S/C67H43NOS/c1-3-15-49(16-4-1)67(50-17-5-2-6-18-50)59-24-10-7-21-57(59)65-60(67)25-14-26-61(65)68(52-40-35-46(36-41-52)48-37-42-63-58(43-48)54-19-8-11-27-62(54)69-63)51-38-33-45(34-39-51)44-29-31-47(32-30-44)53-22-13-23-56-55-20-9-12-28-64(55)70-66(53)56/h1-43H. The van der Waals surface area contributed by atoms with Crippen molar-refractivity contribution in [2.24, 2.45) is 0 Å². The molecule has 0 spiro atoms. The van der Waals surface area contributed by atoms with Crippen LogP contribution in [0, 0.1) is 0 Å². The van der Waals surface area contributed by atoms with Crippen molar-refractivity contribution in [2.45, 2.75) is 5.41 Å². The predicted octanol–water partition coefficient (Wildman–Crippen LogP) is 18.8. The molecule has 0 atom stereocenters. The zero-order chi connectivity index (χ0) is 46.2. The van der Waals surface area contributed by atoms with E-state index in [2.05, 4.69) is 254 Å². The van der Waals surface area contributed by atoms with Gasteiger partial charge in [0.15, 0.2) is 0 Å². The Labute approximate surface area is 410 Å². The fourth-order valence-corrected chi connectivity index (χ4v) is 12.7. The van der Waals surface area contributed by atoms with Crippen molar-refractivity contribution in [3.63, 3.8) is 0 Å². The van der Waals surface area contributed by atoms with Gasteiger partial charge in [-0.1, -0.05) is 206 Å². The van der Waals surface area contributed by atoms with Crippen LogP contribution >= 0.6 is 11.3 Å². The van der Waals surface area contributed by atoms with E-state index in [0.29, 0.717) is 0 Å². The molecule has 3 heteroatoms. The van der Waals surface area contributed by atoms with E-state index in [0.717, 1.165) is 50.1 Å². The van der Waals surface area contributed by atoms with E-state index < -0.39 is 5.41 Å². The minimum Gasteiger partial charge on any atom is -0.456 e. The quantitative estimate of drug-likeness (QED) is 0.151. The number of benzene rings is 11. The van der Waals surface area contributed by atoms with Crippen molar-refractivity contribution < 1.29 is 4.42 Å². The first-order valence-electron chi connectivity index (χ1n) is 24.0. The van der Waals surface area contributed by atoms with Gasteiger partial charge in [0.2, 0.25) is 0 Å². The van der Waals surface area contributed by atoms with Gasteiger partial charge in [-0.2, -0.15) is 0 Å². The molecule has 0 fully saturated rings. The van der Waals surface area contributed by atoms with Crippen LogP contribution in [0.15, 0.2) is 265 Å². The normalized spacial score (nSPS) is 12.7. The van der Waals surface area contributed by atoms with Crippen LogP contribution in [0.25, 0.3) is 86.6 Å². The Morgan fingerprint density at radius 2 is 0.857 bits per heavy atom. The highest BCUT2D eigenvalue weighted by Crippen LogP contribution is 2.59. The van der Waals surface area contributed by atoms with Gasteiger partial charge < -0.3 is 9.32 Å². The molecule has 328 valence electrons. The summed E-state index contributed by atoms with van der Waals surface area (Å²) in [6.45, 7) is 0. The first-order chi connectivity index (χ1) is 34.7. The Balaban J connectivity index is 0.903. The van der Waals surface area contributed by atoms with E-state index in [4.69, 9.17) is 4.42 Å². The highest BCUT2D eigenvalue weighted by molar-refractivity contribution is 7.26. The molecule has 2 nitrogen and oxygen atoms in total. The van der Waals surface area contributed by atoms with E-state index in [1.807, 2.05) is 23.5 Å². The van der Waals surface area contributed by atoms with Crippen molar-refractivity contribution in [3.8, 4) is 44.5 Å². The molecular formula is C67H43NOS. The number of nitrogens with zero attached hydrogens (tertiary/aromatic N) is 1. The maximum atomic E-state index is 6.20. The van der Waals surface area contributed by atoms with Gasteiger partial charge in [0, 0.05) is 47.9 Å². The zero-order valence-electron chi connectivity index (χ0n) is 38.1. The summed E-state index contributed by atoms with van der Waals surface area (Å²) < 4.78 is 8.86. The molecule has 0 bridgehead atoms. The van der Waals surface area contributed by atoms with Gasteiger partial charge in [0.05, 0.1) is 11.1 Å². The maximum Gasteiger partial charge on any atom is 0.135 e. The topological polar surface area (TPSA) is 16.4 Å². The molecule has 14 rings (SSSR count). The van der Waals surface area contributed by atoms with Gasteiger partial charge in [0.1, 0.15) is 11.2 Å². The number of furan rings is 1. The van der Waals surface area contributed by atoms with Crippen LogP contribution in [0.1, 0.15) is 22.3 Å². The van der Waals surface area contributed by atoms with E-state index >= 15 is 0 Å². The van der Waals surface area contributed by atoms with Gasteiger partial charge in [-0.3, -0.25) is 0 Å². The number of fused-ring (bicyclic) bond motifs is 9. The average molecular weight is 910 g/mol. The van der Waals surface area contributed by atoms with Crippen LogP contribution in [0.5, 0.6) is 0 Å². The third-order valence-electron chi connectivity index (χ3n) is 14.6. The van der Waals surface area contributed by atoms with E-state index in [-0.39, 0.29) is 0 Å². The summed E-state index contributed by atoms with van der Waals surface area (Å²) in [5, 5.41) is 4.90. The van der Waals surface area contributed by atoms with Crippen LogP contribution in [0.3, 0.4) is 0 Å². The summed E-state index contributed by atoms with van der Waals surface area (Å²) in [6.07, 6.45) is 0. The minimum atomic E-state index is -0.519. The van der Waals surface area contributed by atoms with Crippen molar-refractivity contribution in [3.05, 3.63) is 283 Å². The highest BCUT2D eigenvalue weighted by atomic mass is 32.1. The van der Waals surface area contributed by atoms with Crippen LogP contribution in [-0.2, 0) is 5.41 Å².